The summed E-state index contributed by atoms with van der Waals surface area (Å²) < 4.78 is 15.2. The number of imide groups is 1. The van der Waals surface area contributed by atoms with E-state index >= 15 is 0 Å². The van der Waals surface area contributed by atoms with E-state index in [9.17, 15) is 18.8 Å². The monoisotopic (exact) mass is 367 g/mol. The zero-order valence-corrected chi connectivity index (χ0v) is 13.8. The number of carbonyl (C=O) groups is 3. The predicted molar refractivity (Wildman–Crippen MR) is 86.2 cm³/mol. The van der Waals surface area contributed by atoms with Crippen LogP contribution < -0.4 is 0 Å². The molecule has 0 spiro atoms. The molecule has 1 aliphatic heterocycles. The second-order valence-electron chi connectivity index (χ2n) is 5.67. The Morgan fingerprint density at radius 1 is 1.07 bits per heavy atom. The number of aromatic nitrogens is 4. The van der Waals surface area contributed by atoms with E-state index in [0.717, 1.165) is 12.1 Å². The summed E-state index contributed by atoms with van der Waals surface area (Å²) in [7, 11) is 0. The number of fused-ring (bicyclic) bond motifs is 1. The molecule has 2 heterocycles. The number of hydrogen-bond acceptors (Lipinski definition) is 7. The minimum atomic E-state index is -1.07. The molecule has 0 aliphatic carbocycles. The van der Waals surface area contributed by atoms with Crippen molar-refractivity contribution in [1.29, 1.82) is 0 Å². The topological polar surface area (TPSA) is 107 Å². The molecule has 0 saturated heterocycles. The first-order valence-corrected chi connectivity index (χ1v) is 7.72. The molecule has 0 fully saturated rings. The summed E-state index contributed by atoms with van der Waals surface area (Å²) >= 11 is 0. The van der Waals surface area contributed by atoms with Gasteiger partial charge in [0, 0.05) is 0 Å². The number of halogens is 1. The SMILES string of the molecule is Cc1nnnn1-c1cc(F)cc(C(=O)ON2C(=O)c3ccccc3C2=O)c1. The van der Waals surface area contributed by atoms with Crippen molar-refractivity contribution in [3.05, 3.63) is 70.8 Å². The van der Waals surface area contributed by atoms with Crippen LogP contribution in [0.2, 0.25) is 0 Å². The summed E-state index contributed by atoms with van der Waals surface area (Å²) in [5.41, 5.74) is 0.224. The molecule has 134 valence electrons. The van der Waals surface area contributed by atoms with Crippen molar-refractivity contribution < 1.29 is 23.6 Å². The van der Waals surface area contributed by atoms with Crippen molar-refractivity contribution in [2.45, 2.75) is 6.92 Å². The van der Waals surface area contributed by atoms with Crippen LogP contribution >= 0.6 is 0 Å². The third kappa shape index (κ3) is 2.72. The summed E-state index contributed by atoms with van der Waals surface area (Å²) in [6.45, 7) is 1.60. The molecule has 0 radical (unpaired) electrons. The Morgan fingerprint density at radius 2 is 1.74 bits per heavy atom. The third-order valence-corrected chi connectivity index (χ3v) is 3.92. The lowest BCUT2D eigenvalue weighted by atomic mass is 10.1. The summed E-state index contributed by atoms with van der Waals surface area (Å²) in [5, 5.41) is 11.2. The van der Waals surface area contributed by atoms with Gasteiger partial charge in [-0.2, -0.15) is 4.68 Å². The number of carbonyl (C=O) groups excluding carboxylic acids is 3. The maximum atomic E-state index is 14.0. The normalized spacial score (nSPS) is 13.0. The minimum absolute atomic E-state index is 0.125. The van der Waals surface area contributed by atoms with Crippen molar-refractivity contribution in [3.8, 4) is 5.69 Å². The first-order valence-electron chi connectivity index (χ1n) is 7.72. The molecular weight excluding hydrogens is 357 g/mol. The highest BCUT2D eigenvalue weighted by molar-refractivity contribution is 6.21. The van der Waals surface area contributed by atoms with Gasteiger partial charge in [-0.3, -0.25) is 9.59 Å². The number of rotatable bonds is 3. The van der Waals surface area contributed by atoms with E-state index in [2.05, 4.69) is 15.5 Å². The molecule has 9 nitrogen and oxygen atoms in total. The van der Waals surface area contributed by atoms with Gasteiger partial charge in [-0.1, -0.05) is 17.2 Å². The molecule has 2 aromatic carbocycles. The zero-order chi connectivity index (χ0) is 19.1. The van der Waals surface area contributed by atoms with Crippen LogP contribution in [0.4, 0.5) is 4.39 Å². The molecule has 0 saturated carbocycles. The molecule has 0 N–H and O–H groups in total. The molecule has 0 bridgehead atoms. The number of nitrogens with zero attached hydrogens (tertiary/aromatic N) is 5. The fourth-order valence-corrected chi connectivity index (χ4v) is 2.67. The van der Waals surface area contributed by atoms with Crippen molar-refractivity contribution in [2.75, 3.05) is 0 Å². The molecule has 1 aliphatic rings. The quantitative estimate of drug-likeness (QED) is 0.645. The van der Waals surface area contributed by atoms with Crippen LogP contribution in [-0.2, 0) is 4.84 Å². The van der Waals surface area contributed by atoms with E-state index in [1.54, 1.807) is 19.1 Å². The number of amides is 2. The first kappa shape index (κ1) is 16.5. The van der Waals surface area contributed by atoms with Gasteiger partial charge in [0.2, 0.25) is 0 Å². The maximum absolute atomic E-state index is 14.0. The Hall–Kier alpha value is -3.95. The van der Waals surface area contributed by atoms with Crippen LogP contribution in [0.15, 0.2) is 42.5 Å². The van der Waals surface area contributed by atoms with E-state index in [-0.39, 0.29) is 22.4 Å². The average Bonchev–Trinajstić information content (AvgIpc) is 3.19. The molecule has 0 atom stereocenters. The summed E-state index contributed by atoms with van der Waals surface area (Å²) in [6, 6.07) is 9.40. The Bertz CT molecular complexity index is 1080. The maximum Gasteiger partial charge on any atom is 0.364 e. The largest absolute Gasteiger partial charge is 0.364 e. The summed E-state index contributed by atoms with van der Waals surface area (Å²) in [5.74, 6) is -2.97. The number of hydrogen-bond donors (Lipinski definition) is 0. The second kappa shape index (κ2) is 6.09. The Labute approximate surface area is 150 Å². The van der Waals surface area contributed by atoms with Crippen LogP contribution in [-0.4, -0.2) is 43.1 Å². The van der Waals surface area contributed by atoms with Gasteiger partial charge >= 0.3 is 5.97 Å². The van der Waals surface area contributed by atoms with Crippen molar-refractivity contribution >= 4 is 17.8 Å². The average molecular weight is 367 g/mol. The highest BCUT2D eigenvalue weighted by Gasteiger charge is 2.38. The second-order valence-corrected chi connectivity index (χ2v) is 5.67. The number of hydroxylamine groups is 2. The molecule has 27 heavy (non-hydrogen) atoms. The fourth-order valence-electron chi connectivity index (χ4n) is 2.67. The van der Waals surface area contributed by atoms with E-state index in [0.29, 0.717) is 10.9 Å². The van der Waals surface area contributed by atoms with E-state index in [1.165, 1.54) is 22.9 Å². The standard InChI is InChI=1S/C17H10FN5O4/c1-9-19-20-21-22(9)12-7-10(6-11(18)8-12)17(26)27-23-15(24)13-4-2-3-5-14(13)16(23)25/h2-8H,1H3. The van der Waals surface area contributed by atoms with Crippen molar-refractivity contribution in [2.24, 2.45) is 0 Å². The lowest BCUT2D eigenvalue weighted by Crippen LogP contribution is -2.32. The van der Waals surface area contributed by atoms with Crippen molar-refractivity contribution in [3.63, 3.8) is 0 Å². The van der Waals surface area contributed by atoms with E-state index < -0.39 is 23.6 Å². The third-order valence-electron chi connectivity index (χ3n) is 3.92. The van der Waals surface area contributed by atoms with Gasteiger partial charge in [0.25, 0.3) is 11.8 Å². The summed E-state index contributed by atoms with van der Waals surface area (Å²) in [6.07, 6.45) is 0. The smallest absolute Gasteiger partial charge is 0.324 e. The van der Waals surface area contributed by atoms with Crippen LogP contribution in [0, 0.1) is 12.7 Å². The number of aryl methyl sites for hydroxylation is 1. The van der Waals surface area contributed by atoms with E-state index in [1.807, 2.05) is 0 Å². The Kier molecular flexibility index (Phi) is 3.73. The van der Waals surface area contributed by atoms with Gasteiger partial charge in [0.1, 0.15) is 5.82 Å². The van der Waals surface area contributed by atoms with Gasteiger partial charge in [-0.05, 0) is 47.7 Å². The summed E-state index contributed by atoms with van der Waals surface area (Å²) in [4.78, 5) is 41.9. The van der Waals surface area contributed by atoms with Gasteiger partial charge < -0.3 is 4.84 Å². The van der Waals surface area contributed by atoms with Gasteiger partial charge in [-0.15, -0.1) is 5.10 Å². The minimum Gasteiger partial charge on any atom is -0.324 e. The number of benzene rings is 2. The van der Waals surface area contributed by atoms with Crippen LogP contribution in [0.5, 0.6) is 0 Å². The van der Waals surface area contributed by atoms with Crippen LogP contribution in [0.1, 0.15) is 36.9 Å². The number of tetrazole rings is 1. The fraction of sp³-hybridized carbons (Fsp3) is 0.0588. The highest BCUT2D eigenvalue weighted by atomic mass is 19.1. The first-order chi connectivity index (χ1) is 13.0. The van der Waals surface area contributed by atoms with Gasteiger partial charge in [0.05, 0.1) is 22.4 Å². The molecule has 0 unspecified atom stereocenters. The lowest BCUT2D eigenvalue weighted by Gasteiger charge is -2.13. The molecule has 3 aromatic rings. The zero-order valence-electron chi connectivity index (χ0n) is 13.8. The lowest BCUT2D eigenvalue weighted by molar-refractivity contribution is -0.0584. The van der Waals surface area contributed by atoms with Gasteiger partial charge in [-0.25, -0.2) is 9.18 Å². The van der Waals surface area contributed by atoms with Crippen LogP contribution in [0.3, 0.4) is 0 Å². The van der Waals surface area contributed by atoms with Crippen LogP contribution in [0.25, 0.3) is 5.69 Å². The highest BCUT2D eigenvalue weighted by Crippen LogP contribution is 2.24. The Morgan fingerprint density at radius 3 is 2.33 bits per heavy atom. The molecular formula is C17H10FN5O4. The molecule has 10 heteroatoms. The predicted octanol–water partition coefficient (Wildman–Crippen LogP) is 1.48. The van der Waals surface area contributed by atoms with Crippen molar-refractivity contribution in [1.82, 2.24) is 25.3 Å². The van der Waals surface area contributed by atoms with E-state index in [4.69, 9.17) is 4.84 Å². The Balaban J connectivity index is 1.63. The van der Waals surface area contributed by atoms with Gasteiger partial charge in [0.15, 0.2) is 5.82 Å². The molecule has 4 rings (SSSR count). The molecule has 2 amide bonds. The molecule has 1 aromatic heterocycles.